The number of quaternary nitrogens is 1. The molecule has 0 saturated heterocycles. The number of rotatable bonds is 9. The van der Waals surface area contributed by atoms with E-state index in [0.29, 0.717) is 13.4 Å². The predicted octanol–water partition coefficient (Wildman–Crippen LogP) is 4.80. The van der Waals surface area contributed by atoms with Crippen LogP contribution in [0, 0.1) is 0 Å². The first-order chi connectivity index (χ1) is 16.3. The summed E-state index contributed by atoms with van der Waals surface area (Å²) in [6.07, 6.45) is 0.980. The van der Waals surface area contributed by atoms with E-state index in [-0.39, 0.29) is 0 Å². The lowest BCUT2D eigenvalue weighted by Gasteiger charge is -2.21. The normalized spacial score (nSPS) is 13.2. The van der Waals surface area contributed by atoms with Gasteiger partial charge in [0.05, 0.1) is 13.2 Å². The molecule has 4 aromatic carbocycles. The van der Waals surface area contributed by atoms with Gasteiger partial charge < -0.3 is 19.1 Å². The molecule has 1 N–H and O–H groups in total. The molecule has 4 nitrogen and oxygen atoms in total. The van der Waals surface area contributed by atoms with Crippen LogP contribution >= 0.6 is 0 Å². The van der Waals surface area contributed by atoms with Crippen molar-refractivity contribution in [3.05, 3.63) is 102 Å². The molecule has 0 aliphatic carbocycles. The molecule has 1 heterocycles. The fourth-order valence-corrected chi connectivity index (χ4v) is 4.53. The molecule has 4 aromatic rings. The minimum absolute atomic E-state index is 0.314. The standard InChI is InChI=1S/C29H29NO3/c1-2-31-26-13-10-23(11-14-26)19-30(17-16-22-12-15-28-29(18-22)33-21-32-28)20-25-8-5-7-24-6-3-4-9-27(24)25/h3-15,18H,2,16-17,19-21H2,1H3/p+1. The van der Waals surface area contributed by atoms with Crippen LogP contribution in [0.15, 0.2) is 84.9 Å². The van der Waals surface area contributed by atoms with E-state index in [4.69, 9.17) is 14.2 Å². The van der Waals surface area contributed by atoms with Crippen LogP contribution in [-0.2, 0) is 19.5 Å². The Hall–Kier alpha value is -3.50. The Labute approximate surface area is 195 Å². The summed E-state index contributed by atoms with van der Waals surface area (Å²) < 4.78 is 16.7. The summed E-state index contributed by atoms with van der Waals surface area (Å²) in [5.74, 6) is 2.62. The van der Waals surface area contributed by atoms with Gasteiger partial charge in [-0.1, -0.05) is 48.5 Å². The monoisotopic (exact) mass is 440 g/mol. The zero-order valence-electron chi connectivity index (χ0n) is 19.1. The molecule has 0 bridgehead atoms. The second-order valence-corrected chi connectivity index (χ2v) is 8.51. The van der Waals surface area contributed by atoms with Crippen molar-refractivity contribution in [3.63, 3.8) is 0 Å². The lowest BCUT2D eigenvalue weighted by atomic mass is 10.0. The molecular formula is C29H30NO3+. The number of hydrogen-bond acceptors (Lipinski definition) is 3. The Morgan fingerprint density at radius 1 is 0.788 bits per heavy atom. The third-order valence-electron chi connectivity index (χ3n) is 6.21. The maximum absolute atomic E-state index is 5.62. The highest BCUT2D eigenvalue weighted by molar-refractivity contribution is 5.85. The van der Waals surface area contributed by atoms with E-state index in [9.17, 15) is 0 Å². The van der Waals surface area contributed by atoms with Crippen molar-refractivity contribution >= 4 is 10.8 Å². The van der Waals surface area contributed by atoms with E-state index in [1.165, 1.54) is 32.4 Å². The quantitative estimate of drug-likeness (QED) is 0.406. The molecule has 5 rings (SSSR count). The van der Waals surface area contributed by atoms with Crippen LogP contribution in [0.3, 0.4) is 0 Å². The van der Waals surface area contributed by atoms with Gasteiger partial charge in [-0.15, -0.1) is 0 Å². The smallest absolute Gasteiger partial charge is 0.231 e. The number of fused-ring (bicyclic) bond motifs is 2. The topological polar surface area (TPSA) is 32.1 Å². The molecule has 33 heavy (non-hydrogen) atoms. The lowest BCUT2D eigenvalue weighted by molar-refractivity contribution is -0.927. The first kappa shape index (κ1) is 21.4. The van der Waals surface area contributed by atoms with Gasteiger partial charge in [-0.3, -0.25) is 0 Å². The molecule has 1 aliphatic heterocycles. The van der Waals surface area contributed by atoms with Crippen molar-refractivity contribution in [2.45, 2.75) is 26.4 Å². The molecule has 0 fully saturated rings. The fourth-order valence-electron chi connectivity index (χ4n) is 4.53. The van der Waals surface area contributed by atoms with Gasteiger partial charge in [0.25, 0.3) is 0 Å². The van der Waals surface area contributed by atoms with Gasteiger partial charge in [0.2, 0.25) is 6.79 Å². The minimum atomic E-state index is 0.314. The fraction of sp³-hybridized carbons (Fsp3) is 0.241. The summed E-state index contributed by atoms with van der Waals surface area (Å²) >= 11 is 0. The molecule has 0 aromatic heterocycles. The second kappa shape index (κ2) is 9.97. The maximum atomic E-state index is 5.62. The van der Waals surface area contributed by atoms with Crippen molar-refractivity contribution < 1.29 is 19.1 Å². The van der Waals surface area contributed by atoms with Crippen molar-refractivity contribution in [1.29, 1.82) is 0 Å². The third-order valence-corrected chi connectivity index (χ3v) is 6.21. The molecular weight excluding hydrogens is 410 g/mol. The third kappa shape index (κ3) is 5.12. The maximum Gasteiger partial charge on any atom is 0.231 e. The molecule has 1 atom stereocenters. The Morgan fingerprint density at radius 3 is 2.45 bits per heavy atom. The van der Waals surface area contributed by atoms with E-state index in [2.05, 4.69) is 78.9 Å². The highest BCUT2D eigenvalue weighted by Gasteiger charge is 2.16. The Bertz CT molecular complexity index is 1210. The van der Waals surface area contributed by atoms with E-state index in [0.717, 1.165) is 43.3 Å². The Kier molecular flexibility index (Phi) is 6.45. The van der Waals surface area contributed by atoms with E-state index < -0.39 is 0 Å². The summed E-state index contributed by atoms with van der Waals surface area (Å²) in [7, 11) is 0. The first-order valence-corrected chi connectivity index (χ1v) is 11.7. The second-order valence-electron chi connectivity index (χ2n) is 8.51. The molecule has 0 radical (unpaired) electrons. The van der Waals surface area contributed by atoms with Gasteiger partial charge in [-0.25, -0.2) is 0 Å². The SMILES string of the molecule is CCOc1ccc(C[NH+](CCc2ccc3c(c2)OCO3)Cc2cccc3ccccc23)cc1. The van der Waals surface area contributed by atoms with E-state index in [1.54, 1.807) is 0 Å². The van der Waals surface area contributed by atoms with Gasteiger partial charge in [0.1, 0.15) is 18.8 Å². The van der Waals surface area contributed by atoms with Crippen LogP contribution in [0.5, 0.6) is 17.2 Å². The van der Waals surface area contributed by atoms with Crippen LogP contribution in [-0.4, -0.2) is 19.9 Å². The van der Waals surface area contributed by atoms with Crippen LogP contribution in [0.1, 0.15) is 23.6 Å². The number of benzene rings is 4. The highest BCUT2D eigenvalue weighted by atomic mass is 16.7. The first-order valence-electron chi connectivity index (χ1n) is 11.7. The summed E-state index contributed by atoms with van der Waals surface area (Å²) in [6.45, 7) is 5.97. The summed E-state index contributed by atoms with van der Waals surface area (Å²) in [4.78, 5) is 1.52. The summed E-state index contributed by atoms with van der Waals surface area (Å²) in [6, 6.07) is 30.1. The van der Waals surface area contributed by atoms with Crippen LogP contribution in [0.25, 0.3) is 10.8 Å². The minimum Gasteiger partial charge on any atom is -0.494 e. The predicted molar refractivity (Wildman–Crippen MR) is 131 cm³/mol. The molecule has 0 saturated carbocycles. The molecule has 1 unspecified atom stereocenters. The molecule has 1 aliphatic rings. The van der Waals surface area contributed by atoms with Gasteiger partial charge in [0.15, 0.2) is 11.5 Å². The molecule has 0 amide bonds. The number of ether oxygens (including phenoxy) is 3. The highest BCUT2D eigenvalue weighted by Crippen LogP contribution is 2.32. The van der Waals surface area contributed by atoms with Crippen molar-refractivity contribution in [2.75, 3.05) is 19.9 Å². The number of nitrogens with one attached hydrogen (secondary N) is 1. The van der Waals surface area contributed by atoms with E-state index >= 15 is 0 Å². The van der Waals surface area contributed by atoms with Crippen molar-refractivity contribution in [2.24, 2.45) is 0 Å². The molecule has 168 valence electrons. The summed E-state index contributed by atoms with van der Waals surface area (Å²) in [5, 5.41) is 2.64. The Morgan fingerprint density at radius 2 is 1.58 bits per heavy atom. The van der Waals surface area contributed by atoms with Gasteiger partial charge in [0, 0.05) is 17.5 Å². The van der Waals surface area contributed by atoms with Gasteiger partial charge in [-0.05, 0) is 59.7 Å². The van der Waals surface area contributed by atoms with E-state index in [1.807, 2.05) is 13.0 Å². The average Bonchev–Trinajstić information content (AvgIpc) is 3.32. The van der Waals surface area contributed by atoms with Crippen LogP contribution < -0.4 is 19.1 Å². The molecule has 0 spiro atoms. The zero-order chi connectivity index (χ0) is 22.5. The van der Waals surface area contributed by atoms with Crippen LogP contribution in [0.4, 0.5) is 0 Å². The molecule has 4 heteroatoms. The lowest BCUT2D eigenvalue weighted by Crippen LogP contribution is -3.09. The van der Waals surface area contributed by atoms with Gasteiger partial charge in [-0.2, -0.15) is 0 Å². The van der Waals surface area contributed by atoms with Crippen molar-refractivity contribution in [3.8, 4) is 17.2 Å². The zero-order valence-corrected chi connectivity index (χ0v) is 19.1. The largest absolute Gasteiger partial charge is 0.494 e. The summed E-state index contributed by atoms with van der Waals surface area (Å²) in [5.41, 5.74) is 3.99. The van der Waals surface area contributed by atoms with Gasteiger partial charge >= 0.3 is 0 Å². The average molecular weight is 441 g/mol. The van der Waals surface area contributed by atoms with Crippen molar-refractivity contribution in [1.82, 2.24) is 0 Å². The number of hydrogen-bond donors (Lipinski definition) is 1. The van der Waals surface area contributed by atoms with Crippen LogP contribution in [0.2, 0.25) is 0 Å². The Balaban J connectivity index is 1.36.